The average molecular weight is 261 g/mol. The largest absolute Gasteiger partial charge is 0.320 e. The zero-order chi connectivity index (χ0) is 14.0. The maximum absolute atomic E-state index is 13.2. The van der Waals surface area contributed by atoms with Crippen molar-refractivity contribution in [2.24, 2.45) is 5.73 Å². The molecule has 1 aliphatic heterocycles. The number of carbonyl (C=O) groups is 2. The second-order valence-electron chi connectivity index (χ2n) is 4.38. The first kappa shape index (κ1) is 13.2. The molecule has 0 radical (unpaired) electrons. The van der Waals surface area contributed by atoms with E-state index in [0.29, 0.717) is 12.0 Å². The van der Waals surface area contributed by atoms with Gasteiger partial charge in [0.25, 0.3) is 0 Å². The quantitative estimate of drug-likeness (QED) is 0.793. The Morgan fingerprint density at radius 2 is 2.21 bits per heavy atom. The Balaban J connectivity index is 2.30. The molecule has 1 heterocycles. The molecule has 1 unspecified atom stereocenters. The molecule has 2 rings (SSSR count). The lowest BCUT2D eigenvalue weighted by Crippen LogP contribution is -2.50. The molecule has 6 heteroatoms. The lowest BCUT2D eigenvalue weighted by molar-refractivity contribution is -0.149. The highest BCUT2D eigenvalue weighted by Gasteiger charge is 2.32. The van der Waals surface area contributed by atoms with Crippen molar-refractivity contribution in [2.75, 3.05) is 0 Å². The number of piperidine rings is 1. The molecule has 0 bridgehead atoms. The summed E-state index contributed by atoms with van der Waals surface area (Å²) >= 11 is 0. The van der Waals surface area contributed by atoms with Gasteiger partial charge in [0.05, 0.1) is 24.2 Å². The molecule has 1 fully saturated rings. The van der Waals surface area contributed by atoms with Gasteiger partial charge in [-0.05, 0) is 30.2 Å². The van der Waals surface area contributed by atoms with Crippen molar-refractivity contribution in [3.8, 4) is 6.07 Å². The number of hydrogen-bond acceptors (Lipinski definition) is 4. The number of halogens is 1. The maximum atomic E-state index is 13.2. The highest BCUT2D eigenvalue weighted by atomic mass is 19.1. The van der Waals surface area contributed by atoms with Gasteiger partial charge in [0.1, 0.15) is 5.82 Å². The van der Waals surface area contributed by atoms with Gasteiger partial charge in [0, 0.05) is 6.42 Å². The van der Waals surface area contributed by atoms with E-state index in [4.69, 9.17) is 11.0 Å². The number of nitriles is 1. The van der Waals surface area contributed by atoms with Crippen LogP contribution in [0.15, 0.2) is 18.2 Å². The third-order valence-electron chi connectivity index (χ3n) is 3.07. The predicted octanol–water partition coefficient (Wildman–Crippen LogP) is 0.674. The molecule has 19 heavy (non-hydrogen) atoms. The molecule has 0 aromatic heterocycles. The summed E-state index contributed by atoms with van der Waals surface area (Å²) in [5.41, 5.74) is 6.14. The Bertz CT molecular complexity index is 580. The minimum Gasteiger partial charge on any atom is -0.320 e. The molecule has 0 spiro atoms. The number of nitrogens with zero attached hydrogens (tertiary/aromatic N) is 2. The Morgan fingerprint density at radius 3 is 2.89 bits per heavy atom. The lowest BCUT2D eigenvalue weighted by atomic mass is 10.0. The second-order valence-corrected chi connectivity index (χ2v) is 4.38. The standard InChI is InChI=1S/C13H12FN3O2/c14-10-2-1-8(6-15)9(5-10)7-17-12(18)4-3-11(16)13(17)19/h1-2,5,11H,3-4,7,16H2. The minimum absolute atomic E-state index is 0.119. The fourth-order valence-corrected chi connectivity index (χ4v) is 2.00. The third-order valence-corrected chi connectivity index (χ3v) is 3.07. The zero-order valence-electron chi connectivity index (χ0n) is 10.1. The summed E-state index contributed by atoms with van der Waals surface area (Å²) in [6.07, 6.45) is 0.506. The van der Waals surface area contributed by atoms with Gasteiger partial charge in [-0.15, -0.1) is 0 Å². The number of nitrogens with two attached hydrogens (primary N) is 1. The fourth-order valence-electron chi connectivity index (χ4n) is 2.00. The van der Waals surface area contributed by atoms with E-state index in [1.807, 2.05) is 6.07 Å². The Labute approximate surface area is 109 Å². The summed E-state index contributed by atoms with van der Waals surface area (Å²) < 4.78 is 13.2. The van der Waals surface area contributed by atoms with Gasteiger partial charge < -0.3 is 5.73 Å². The Morgan fingerprint density at radius 1 is 1.47 bits per heavy atom. The van der Waals surface area contributed by atoms with E-state index in [2.05, 4.69) is 0 Å². The van der Waals surface area contributed by atoms with Crippen LogP contribution in [0.4, 0.5) is 4.39 Å². The number of likely N-dealkylation sites (tertiary alicyclic amines) is 1. The van der Waals surface area contributed by atoms with Crippen LogP contribution in [0, 0.1) is 17.1 Å². The number of hydrogen-bond donors (Lipinski definition) is 1. The van der Waals surface area contributed by atoms with Gasteiger partial charge in [0.15, 0.2) is 0 Å². The molecule has 0 saturated carbocycles. The van der Waals surface area contributed by atoms with E-state index in [9.17, 15) is 14.0 Å². The minimum atomic E-state index is -0.711. The van der Waals surface area contributed by atoms with Crippen molar-refractivity contribution < 1.29 is 14.0 Å². The molecular weight excluding hydrogens is 249 g/mol. The van der Waals surface area contributed by atoms with Gasteiger partial charge >= 0.3 is 0 Å². The molecule has 2 amide bonds. The lowest BCUT2D eigenvalue weighted by Gasteiger charge is -2.28. The maximum Gasteiger partial charge on any atom is 0.246 e. The molecule has 1 saturated heterocycles. The molecule has 2 N–H and O–H groups in total. The summed E-state index contributed by atoms with van der Waals surface area (Å²) in [5.74, 6) is -1.35. The van der Waals surface area contributed by atoms with Crippen LogP contribution in [-0.2, 0) is 16.1 Å². The summed E-state index contributed by atoms with van der Waals surface area (Å²) in [5, 5.41) is 8.94. The van der Waals surface area contributed by atoms with E-state index in [-0.39, 0.29) is 24.4 Å². The second kappa shape index (κ2) is 5.16. The van der Waals surface area contributed by atoms with E-state index in [0.717, 1.165) is 17.0 Å². The van der Waals surface area contributed by atoms with Crippen LogP contribution in [0.2, 0.25) is 0 Å². The van der Waals surface area contributed by atoms with Crippen LogP contribution in [0.5, 0.6) is 0 Å². The van der Waals surface area contributed by atoms with Crippen molar-refractivity contribution >= 4 is 11.8 Å². The Kier molecular flexibility index (Phi) is 3.58. The van der Waals surface area contributed by atoms with Gasteiger partial charge in [-0.3, -0.25) is 14.5 Å². The van der Waals surface area contributed by atoms with E-state index >= 15 is 0 Å². The number of imide groups is 1. The normalized spacial score (nSPS) is 19.4. The van der Waals surface area contributed by atoms with Crippen molar-refractivity contribution in [3.05, 3.63) is 35.1 Å². The SMILES string of the molecule is N#Cc1ccc(F)cc1CN1C(=O)CCC(N)C1=O. The van der Waals surface area contributed by atoms with Crippen molar-refractivity contribution in [1.82, 2.24) is 4.90 Å². The monoisotopic (exact) mass is 261 g/mol. The molecule has 1 aromatic rings. The highest BCUT2D eigenvalue weighted by molar-refractivity contribution is 6.00. The zero-order valence-corrected chi connectivity index (χ0v) is 10.1. The van der Waals surface area contributed by atoms with Crippen molar-refractivity contribution in [3.63, 3.8) is 0 Å². The molecule has 1 aliphatic rings. The van der Waals surface area contributed by atoms with Crippen molar-refractivity contribution in [2.45, 2.75) is 25.4 Å². The summed E-state index contributed by atoms with van der Waals surface area (Å²) in [4.78, 5) is 24.5. The smallest absolute Gasteiger partial charge is 0.246 e. The van der Waals surface area contributed by atoms with E-state index in [1.165, 1.54) is 6.07 Å². The van der Waals surface area contributed by atoms with Gasteiger partial charge in [0.2, 0.25) is 11.8 Å². The average Bonchev–Trinajstić information content (AvgIpc) is 2.39. The number of carbonyl (C=O) groups excluding carboxylic acids is 2. The van der Waals surface area contributed by atoms with Crippen LogP contribution < -0.4 is 5.73 Å². The molecule has 5 nitrogen and oxygen atoms in total. The first-order chi connectivity index (χ1) is 9.02. The number of amides is 2. The first-order valence-corrected chi connectivity index (χ1v) is 5.81. The number of benzene rings is 1. The summed E-state index contributed by atoms with van der Waals surface area (Å²) in [6, 6.07) is 4.83. The predicted molar refractivity (Wildman–Crippen MR) is 63.9 cm³/mol. The highest BCUT2D eigenvalue weighted by Crippen LogP contribution is 2.18. The molecule has 1 atom stereocenters. The van der Waals surface area contributed by atoms with Crippen LogP contribution >= 0.6 is 0 Å². The fraction of sp³-hybridized carbons (Fsp3) is 0.308. The van der Waals surface area contributed by atoms with Gasteiger partial charge in [-0.2, -0.15) is 5.26 Å². The van der Waals surface area contributed by atoms with Crippen LogP contribution in [-0.4, -0.2) is 22.8 Å². The van der Waals surface area contributed by atoms with Crippen LogP contribution in [0.25, 0.3) is 0 Å². The number of rotatable bonds is 2. The Hall–Kier alpha value is -2.26. The van der Waals surface area contributed by atoms with Crippen LogP contribution in [0.3, 0.4) is 0 Å². The molecular formula is C13H12FN3O2. The van der Waals surface area contributed by atoms with Crippen molar-refractivity contribution in [1.29, 1.82) is 5.26 Å². The van der Waals surface area contributed by atoms with Crippen LogP contribution in [0.1, 0.15) is 24.0 Å². The first-order valence-electron chi connectivity index (χ1n) is 5.81. The summed E-state index contributed by atoms with van der Waals surface area (Å²) in [7, 11) is 0. The molecule has 0 aliphatic carbocycles. The van der Waals surface area contributed by atoms with E-state index in [1.54, 1.807) is 0 Å². The molecule has 1 aromatic carbocycles. The third kappa shape index (κ3) is 2.61. The molecule has 98 valence electrons. The van der Waals surface area contributed by atoms with Gasteiger partial charge in [-0.1, -0.05) is 0 Å². The topological polar surface area (TPSA) is 87.2 Å². The van der Waals surface area contributed by atoms with E-state index < -0.39 is 17.8 Å². The summed E-state index contributed by atoms with van der Waals surface area (Å²) in [6.45, 7) is -0.119. The van der Waals surface area contributed by atoms with Gasteiger partial charge in [-0.25, -0.2) is 4.39 Å².